The predicted molar refractivity (Wildman–Crippen MR) is 179 cm³/mol. The van der Waals surface area contributed by atoms with Crippen LogP contribution >= 0.6 is 0 Å². The van der Waals surface area contributed by atoms with Crippen molar-refractivity contribution in [1.82, 2.24) is 29.5 Å². The molecule has 5 heterocycles. The van der Waals surface area contributed by atoms with Gasteiger partial charge in [0.25, 0.3) is 0 Å². The summed E-state index contributed by atoms with van der Waals surface area (Å²) in [5, 5.41) is 16.5. The van der Waals surface area contributed by atoms with Gasteiger partial charge in [-0.25, -0.2) is 28.6 Å². The number of nitrogens with zero attached hydrogens (tertiary/aromatic N) is 6. The molecule has 1 atom stereocenters. The van der Waals surface area contributed by atoms with E-state index < -0.39 is 23.1 Å². The first-order chi connectivity index (χ1) is 22.9. The molecule has 1 saturated heterocycles. The van der Waals surface area contributed by atoms with Crippen LogP contribution in [0, 0.1) is 5.82 Å². The number of nitrogen functional groups attached to an aromatic ring is 1. The molecule has 0 aliphatic carbocycles. The highest BCUT2D eigenvalue weighted by atomic mass is 19.1. The van der Waals surface area contributed by atoms with E-state index in [-0.39, 0.29) is 29.4 Å². The van der Waals surface area contributed by atoms with Crippen molar-refractivity contribution in [2.45, 2.75) is 51.8 Å². The largest absolute Gasteiger partial charge is 0.508 e. The molecule has 13 heteroatoms. The minimum absolute atomic E-state index is 0.133. The zero-order valence-electron chi connectivity index (χ0n) is 27.1. The summed E-state index contributed by atoms with van der Waals surface area (Å²) in [5.74, 6) is -0.379. The Bertz CT molecular complexity index is 2140. The molecule has 2 aliphatic heterocycles. The molecule has 1 fully saturated rings. The molecule has 0 spiro atoms. The molecule has 48 heavy (non-hydrogen) atoms. The fourth-order valence-corrected chi connectivity index (χ4v) is 6.54. The lowest BCUT2D eigenvalue weighted by Crippen LogP contribution is -2.62. The monoisotopic (exact) mass is 653 g/mol. The average molecular weight is 654 g/mol. The quantitative estimate of drug-likeness (QED) is 0.254. The summed E-state index contributed by atoms with van der Waals surface area (Å²) in [6, 6.07) is 10.6. The summed E-state index contributed by atoms with van der Waals surface area (Å²) in [6.45, 7) is 10.0. The van der Waals surface area contributed by atoms with Crippen molar-refractivity contribution < 1.29 is 23.4 Å². The Kier molecular flexibility index (Phi) is 7.66. The van der Waals surface area contributed by atoms with Crippen molar-refractivity contribution in [3.8, 4) is 17.0 Å². The third kappa shape index (κ3) is 5.63. The summed E-state index contributed by atoms with van der Waals surface area (Å²) in [7, 11) is 0. The SMILES string of the molecule is CC(c1oc(=O)c2ccccc2c1C1=CCN(C2CN(C(=O)OC(C)(C)C)C2)CC1)n1nc(-c2cc(O)cc(F)c2)c2c(N)ncnc21. The lowest BCUT2D eigenvalue weighted by atomic mass is 9.91. The minimum Gasteiger partial charge on any atom is -0.508 e. The fraction of sp³-hybridized carbons (Fsp3) is 0.343. The number of anilines is 1. The van der Waals surface area contributed by atoms with Crippen LogP contribution in [-0.4, -0.2) is 78.6 Å². The van der Waals surface area contributed by atoms with Gasteiger partial charge in [0, 0.05) is 49.4 Å². The smallest absolute Gasteiger partial charge is 0.410 e. The molecule has 12 nitrogen and oxygen atoms in total. The Hall–Kier alpha value is -5.30. The molecular formula is C35H36FN7O5. The van der Waals surface area contributed by atoms with E-state index in [1.54, 1.807) is 21.7 Å². The number of fused-ring (bicyclic) bond motifs is 2. The number of halogens is 1. The molecule has 3 N–H and O–H groups in total. The summed E-state index contributed by atoms with van der Waals surface area (Å²) >= 11 is 0. The zero-order chi connectivity index (χ0) is 33.9. The van der Waals surface area contributed by atoms with Crippen LogP contribution in [0.3, 0.4) is 0 Å². The molecule has 1 unspecified atom stereocenters. The fourth-order valence-electron chi connectivity index (χ4n) is 6.54. The van der Waals surface area contributed by atoms with Crippen LogP contribution in [0.25, 0.3) is 38.6 Å². The van der Waals surface area contributed by atoms with Gasteiger partial charge in [-0.05, 0) is 63.3 Å². The predicted octanol–water partition coefficient (Wildman–Crippen LogP) is 5.34. The van der Waals surface area contributed by atoms with Crippen LogP contribution in [0.1, 0.15) is 51.5 Å². The Labute approximate surface area is 275 Å². The molecule has 248 valence electrons. The first kappa shape index (κ1) is 31.3. The molecule has 2 aliphatic rings. The van der Waals surface area contributed by atoms with E-state index in [1.165, 1.54) is 18.5 Å². The maximum absolute atomic E-state index is 14.4. The Morgan fingerprint density at radius 1 is 1.15 bits per heavy atom. The molecular weight excluding hydrogens is 617 g/mol. The van der Waals surface area contributed by atoms with Crippen molar-refractivity contribution in [2.24, 2.45) is 0 Å². The number of ether oxygens (including phenoxy) is 1. The van der Waals surface area contributed by atoms with Crippen molar-refractivity contribution in [2.75, 3.05) is 31.9 Å². The first-order valence-electron chi connectivity index (χ1n) is 15.8. The Morgan fingerprint density at radius 2 is 1.90 bits per heavy atom. The van der Waals surface area contributed by atoms with Crippen LogP contribution in [0.5, 0.6) is 5.75 Å². The van der Waals surface area contributed by atoms with E-state index in [0.717, 1.165) is 29.1 Å². The van der Waals surface area contributed by atoms with Crippen LogP contribution in [0.4, 0.5) is 15.0 Å². The minimum atomic E-state index is -0.655. The normalized spacial score (nSPS) is 16.6. The maximum atomic E-state index is 14.4. The lowest BCUT2D eigenvalue weighted by molar-refractivity contribution is -0.0134. The van der Waals surface area contributed by atoms with Crippen molar-refractivity contribution in [1.29, 1.82) is 0 Å². The summed E-state index contributed by atoms with van der Waals surface area (Å²) in [6.07, 6.45) is 3.85. The van der Waals surface area contributed by atoms with Crippen LogP contribution in [-0.2, 0) is 4.74 Å². The van der Waals surface area contributed by atoms with Gasteiger partial charge in [-0.15, -0.1) is 0 Å². The molecule has 5 aromatic rings. The lowest BCUT2D eigenvalue weighted by Gasteiger charge is -2.46. The highest BCUT2D eigenvalue weighted by Gasteiger charge is 2.38. The number of carbonyl (C=O) groups excluding carboxylic acids is 1. The van der Waals surface area contributed by atoms with E-state index >= 15 is 0 Å². The van der Waals surface area contributed by atoms with Crippen molar-refractivity contribution in [3.63, 3.8) is 0 Å². The van der Waals surface area contributed by atoms with Gasteiger partial charge in [0.1, 0.15) is 46.8 Å². The average Bonchev–Trinajstić information content (AvgIpc) is 3.40. The second kappa shape index (κ2) is 11.7. The van der Waals surface area contributed by atoms with E-state index in [1.807, 2.05) is 39.8 Å². The van der Waals surface area contributed by atoms with Crippen molar-refractivity contribution in [3.05, 3.63) is 82.4 Å². The Morgan fingerprint density at radius 3 is 2.58 bits per heavy atom. The van der Waals surface area contributed by atoms with Crippen LogP contribution < -0.4 is 11.4 Å². The zero-order valence-corrected chi connectivity index (χ0v) is 27.1. The number of nitrogens with two attached hydrogens (primary N) is 1. The number of benzene rings is 2. The van der Waals surface area contributed by atoms with Gasteiger partial charge in [0.05, 0.1) is 10.8 Å². The summed E-state index contributed by atoms with van der Waals surface area (Å²) in [5.41, 5.74) is 8.04. The number of likely N-dealkylation sites (tertiary alicyclic amines) is 1. The second-order valence-corrected chi connectivity index (χ2v) is 13.3. The molecule has 7 rings (SSSR count). The van der Waals surface area contributed by atoms with Gasteiger partial charge < -0.3 is 24.9 Å². The molecule has 3 aromatic heterocycles. The molecule has 0 saturated carbocycles. The standard InChI is InChI=1S/C35H36FN7O5/c1-19(43-32-28(31(37)38-18-39-32)29(40-43)21-13-22(36)15-24(44)14-21)30-27(25-7-5-6-8-26(25)33(45)47-30)20-9-11-41(12-10-20)23-16-42(17-23)34(46)48-35(2,3)4/h5-9,13-15,18-19,23,44H,10-12,16-17H2,1-4H3,(H2,37,38,39). The first-order valence-corrected chi connectivity index (χ1v) is 15.8. The second-order valence-electron chi connectivity index (χ2n) is 13.3. The molecule has 2 aromatic carbocycles. The van der Waals surface area contributed by atoms with E-state index in [4.69, 9.17) is 20.0 Å². The van der Waals surface area contributed by atoms with Crippen LogP contribution in [0.15, 0.2) is 64.1 Å². The van der Waals surface area contributed by atoms with Gasteiger partial charge in [-0.2, -0.15) is 5.10 Å². The third-order valence-corrected chi connectivity index (χ3v) is 8.88. The molecule has 0 bridgehead atoms. The highest BCUT2D eigenvalue weighted by Crippen LogP contribution is 2.39. The Balaban J connectivity index is 1.26. The number of carbonyl (C=O) groups is 1. The van der Waals surface area contributed by atoms with Gasteiger partial charge in [0.2, 0.25) is 0 Å². The van der Waals surface area contributed by atoms with E-state index in [9.17, 15) is 19.1 Å². The number of aromatic nitrogens is 4. The van der Waals surface area contributed by atoms with Crippen LogP contribution in [0.2, 0.25) is 0 Å². The topological polar surface area (TPSA) is 153 Å². The van der Waals surface area contributed by atoms with Crippen molar-refractivity contribution >= 4 is 39.3 Å². The highest BCUT2D eigenvalue weighted by molar-refractivity contribution is 5.99. The van der Waals surface area contributed by atoms with Gasteiger partial charge in [-0.3, -0.25) is 4.90 Å². The summed E-state index contributed by atoms with van der Waals surface area (Å²) in [4.78, 5) is 38.5. The van der Waals surface area contributed by atoms with E-state index in [0.29, 0.717) is 53.8 Å². The number of amides is 1. The number of phenols is 1. The molecule has 0 radical (unpaired) electrons. The number of phenolic OH excluding ortho intramolecular Hbond substituents is 1. The number of rotatable bonds is 5. The maximum Gasteiger partial charge on any atom is 0.410 e. The van der Waals surface area contributed by atoms with Gasteiger partial charge >= 0.3 is 11.7 Å². The summed E-state index contributed by atoms with van der Waals surface area (Å²) < 4.78 is 27.6. The number of hydrogen-bond acceptors (Lipinski definition) is 10. The number of hydrogen-bond donors (Lipinski definition) is 2. The van der Waals surface area contributed by atoms with Gasteiger partial charge in [0.15, 0.2) is 5.65 Å². The van der Waals surface area contributed by atoms with E-state index in [2.05, 4.69) is 20.9 Å². The molecule has 1 amide bonds. The van der Waals surface area contributed by atoms with Gasteiger partial charge in [-0.1, -0.05) is 24.3 Å². The number of aromatic hydroxyl groups is 1. The third-order valence-electron chi connectivity index (χ3n) is 8.88.